The molecule has 35 nitrogen and oxygen atoms in total. The van der Waals surface area contributed by atoms with Crippen LogP contribution in [0.3, 0.4) is 0 Å². The number of aromatic nitrogens is 1. The first kappa shape index (κ1) is 67.9. The van der Waals surface area contributed by atoms with Gasteiger partial charge in [-0.05, 0) is 65.4 Å². The van der Waals surface area contributed by atoms with Gasteiger partial charge in [0.15, 0.2) is 17.6 Å². The lowest BCUT2D eigenvalue weighted by Gasteiger charge is -2.35. The van der Waals surface area contributed by atoms with Crippen molar-refractivity contribution in [3.63, 3.8) is 0 Å². The number of hydroxylamine groups is 2. The number of carbonyl (C=O) groups is 12. The maximum atomic E-state index is 14.3. The monoisotopic (exact) mass is 1190 g/mol. The van der Waals surface area contributed by atoms with Gasteiger partial charge in [-0.1, -0.05) is 11.8 Å². The van der Waals surface area contributed by atoms with Crippen molar-refractivity contribution in [3.05, 3.63) is 28.4 Å². The SMILES string of the molecule is C[C@@H](O)[C@H](NC(=O)[C@H](CCCC[NH3+])NC(=O)[C@H](CC(=O)O)NC(=O)[C@@H]1CCNc2c(NC(=O)CC[C@H]([NH3+])C(=O)O)cc3cc([O-])c(=O)cc-3n21)C(=O)N[C@@H](C(=O)N[C@H](C(=O)N[C@@H](C(=O)N[C@H]1CCCN(O)C1=O)[C@@H](C)O)[C@@H](C)O)[C@@H](O)C(=O)O. The molecule has 0 spiro atoms. The van der Waals surface area contributed by atoms with Gasteiger partial charge in [-0.15, -0.1) is 0 Å². The second kappa shape index (κ2) is 30.6. The minimum atomic E-state index is -2.86. The summed E-state index contributed by atoms with van der Waals surface area (Å²) in [4.78, 5) is 171. The summed E-state index contributed by atoms with van der Waals surface area (Å²) in [5.41, 5.74) is 6.21. The van der Waals surface area contributed by atoms with E-state index in [0.29, 0.717) is 18.0 Å². The van der Waals surface area contributed by atoms with Crippen molar-refractivity contribution in [1.82, 2.24) is 46.8 Å². The van der Waals surface area contributed by atoms with E-state index in [-0.39, 0.29) is 80.8 Å². The molecule has 84 heavy (non-hydrogen) atoms. The van der Waals surface area contributed by atoms with Crippen LogP contribution in [0, 0.1) is 0 Å². The number of quaternary nitrogens is 2. The van der Waals surface area contributed by atoms with Crippen LogP contribution in [0.25, 0.3) is 11.3 Å². The van der Waals surface area contributed by atoms with Gasteiger partial charge in [-0.3, -0.25) is 57.9 Å². The molecule has 13 atom stereocenters. The van der Waals surface area contributed by atoms with E-state index in [0.717, 1.165) is 32.9 Å². The third-order valence-electron chi connectivity index (χ3n) is 13.5. The fourth-order valence-corrected chi connectivity index (χ4v) is 8.91. The molecule has 23 N–H and O–H groups in total. The van der Waals surface area contributed by atoms with E-state index in [9.17, 15) is 108 Å². The number of fused-ring (bicyclic) bond motifs is 3. The highest BCUT2D eigenvalue weighted by Crippen LogP contribution is 2.39. The number of anilines is 2. The summed E-state index contributed by atoms with van der Waals surface area (Å²) >= 11 is 0. The average molecular weight is 1200 g/mol. The van der Waals surface area contributed by atoms with Gasteiger partial charge >= 0.3 is 17.9 Å². The molecule has 1 aliphatic carbocycles. The van der Waals surface area contributed by atoms with E-state index in [1.807, 2.05) is 10.6 Å². The van der Waals surface area contributed by atoms with Gasteiger partial charge in [0, 0.05) is 37.6 Å². The predicted octanol–water partition coefficient (Wildman–Crippen LogP) is -9.32. The zero-order valence-electron chi connectivity index (χ0n) is 45.8. The molecule has 0 bridgehead atoms. The molecular weight excluding hydrogens is 1120 g/mol. The predicted molar refractivity (Wildman–Crippen MR) is 280 cm³/mol. The summed E-state index contributed by atoms with van der Waals surface area (Å²) in [5, 5.41) is 114. The first-order valence-corrected chi connectivity index (χ1v) is 26.5. The maximum Gasteiger partial charge on any atom is 0.362 e. The topological polar surface area (TPSA) is 579 Å². The molecule has 9 amide bonds. The van der Waals surface area contributed by atoms with Gasteiger partial charge in [-0.25, -0.2) is 14.7 Å². The maximum absolute atomic E-state index is 14.3. The van der Waals surface area contributed by atoms with Gasteiger partial charge in [0.25, 0.3) is 5.91 Å². The summed E-state index contributed by atoms with van der Waals surface area (Å²) in [6.07, 6.45) is -9.64. The van der Waals surface area contributed by atoms with Crippen molar-refractivity contribution in [2.45, 2.75) is 157 Å². The Labute approximate surface area is 476 Å². The minimum Gasteiger partial charge on any atom is -0.870 e. The number of nitrogens with one attached hydrogen (secondary N) is 9. The Morgan fingerprint density at radius 3 is 1.82 bits per heavy atom. The zero-order valence-corrected chi connectivity index (χ0v) is 45.8. The lowest BCUT2D eigenvalue weighted by Crippen LogP contribution is -2.65. The number of carboxylic acid groups (broad SMARTS) is 3. The van der Waals surface area contributed by atoms with Gasteiger partial charge in [0.05, 0.1) is 42.7 Å². The molecule has 0 aromatic heterocycles. The smallest absolute Gasteiger partial charge is 0.362 e. The van der Waals surface area contributed by atoms with Crippen molar-refractivity contribution in [3.8, 4) is 17.0 Å². The Hall–Kier alpha value is -8.61. The highest BCUT2D eigenvalue weighted by Gasteiger charge is 2.42. The number of hydrogen-bond acceptors (Lipinski definition) is 20. The van der Waals surface area contributed by atoms with Crippen molar-refractivity contribution < 1.29 is 115 Å². The molecular formula is C49H72N13O22+. The Bertz CT molecular complexity index is 2830. The zero-order chi connectivity index (χ0) is 63.0. The molecule has 0 radical (unpaired) electrons. The summed E-state index contributed by atoms with van der Waals surface area (Å²) in [6.45, 7) is 3.21. The number of aliphatic carboxylic acids is 3. The molecule has 464 valence electrons. The van der Waals surface area contributed by atoms with Crippen molar-refractivity contribution >= 4 is 82.6 Å². The third-order valence-corrected chi connectivity index (χ3v) is 13.5. The molecule has 4 rings (SSSR count). The summed E-state index contributed by atoms with van der Waals surface area (Å²) < 4.78 is 1.23. The number of rotatable bonds is 30. The second-order valence-electron chi connectivity index (χ2n) is 20.2. The Balaban J connectivity index is 1.58. The number of unbranched alkanes of at least 4 members (excludes halogenated alkanes) is 1. The molecule has 4 aliphatic rings. The highest BCUT2D eigenvalue weighted by molar-refractivity contribution is 6.01. The van der Waals surface area contributed by atoms with Crippen molar-refractivity contribution in [2.24, 2.45) is 0 Å². The Morgan fingerprint density at radius 1 is 0.702 bits per heavy atom. The second-order valence-corrected chi connectivity index (χ2v) is 20.2. The number of amides is 9. The average Bonchev–Trinajstić information content (AvgIpc) is 0.977. The highest BCUT2D eigenvalue weighted by atomic mass is 16.5. The van der Waals surface area contributed by atoms with Gasteiger partial charge < -0.3 is 105 Å². The van der Waals surface area contributed by atoms with Gasteiger partial charge in [0.2, 0.25) is 47.3 Å². The number of aliphatic hydroxyl groups is 4. The largest absolute Gasteiger partial charge is 0.870 e. The van der Waals surface area contributed by atoms with Crippen molar-refractivity contribution in [2.75, 3.05) is 30.3 Å². The normalized spacial score (nSPS) is 18.8. The molecule has 1 fully saturated rings. The number of carbonyl (C=O) groups excluding carboxylic acids is 9. The molecule has 0 aromatic carbocycles. The number of piperidine rings is 1. The van der Waals surface area contributed by atoms with Gasteiger partial charge in [-0.2, -0.15) is 0 Å². The number of hydrogen-bond donors (Lipinski definition) is 19. The van der Waals surface area contributed by atoms with E-state index < -0.39 is 167 Å². The van der Waals surface area contributed by atoms with Crippen LogP contribution in [0.4, 0.5) is 11.5 Å². The van der Waals surface area contributed by atoms with Crippen LogP contribution in [0.1, 0.15) is 84.6 Å². The molecule has 0 saturated carbocycles. The van der Waals surface area contributed by atoms with E-state index in [4.69, 9.17) is 0 Å². The molecule has 3 aliphatic heterocycles. The minimum absolute atomic E-state index is 0.00972. The van der Waals surface area contributed by atoms with Crippen LogP contribution in [0.15, 0.2) is 23.0 Å². The number of nitrogens with zero attached hydrogens (tertiary/aromatic N) is 2. The number of benzene rings is 1. The van der Waals surface area contributed by atoms with E-state index in [1.54, 1.807) is 0 Å². The van der Waals surface area contributed by atoms with Crippen LogP contribution in [0.2, 0.25) is 0 Å². The van der Waals surface area contributed by atoms with Crippen LogP contribution < -0.4 is 69.9 Å². The lowest BCUT2D eigenvalue weighted by molar-refractivity contribution is -0.408. The first-order valence-electron chi connectivity index (χ1n) is 26.5. The molecule has 1 saturated heterocycles. The lowest BCUT2D eigenvalue weighted by atomic mass is 10.0. The van der Waals surface area contributed by atoms with Crippen LogP contribution in [-0.2, 0) is 57.5 Å². The Morgan fingerprint density at radius 2 is 1.26 bits per heavy atom. The van der Waals surface area contributed by atoms with E-state index in [2.05, 4.69) is 48.7 Å². The van der Waals surface area contributed by atoms with Crippen LogP contribution >= 0.6 is 0 Å². The standard InChI is InChI=1S/C49H71N13O22/c1-19(63)34(43(75)55-25-8-6-14-61(84)47(25)79)58-44(76)36(21(3)65)59-46(78)37(38(71)49(82)83)60-45(77)35(20(2)64)57-40(72)24(7-4-5-12-50)54-41(73)27(17-33(69)70)56-42(74)28-11-13-52-39-26(53-32(68)10-9-23(51)48(80)81)15-22-16-30(66)31(67)18-29(22)62(28)39/h15-16,18-21,23-25,27-28,34-38,52,63-66,71,84H,4-14,17,50-51H2,1-3H3,(H,53,68)(H,54,73)(H,55,75)(H,56,74)(H,57,72)(H,58,76)(H,59,78)(H,60,77)(H,69,70)(H,80,81)(H,82,83)/p+1/t19-,20-,21-,23+,24+,25+,27+,28+,34-,35+,36+,37-,38-/m1/s1. The number of carboxylic acids is 3. The summed E-state index contributed by atoms with van der Waals surface area (Å²) in [6, 6.07) is -13.2. The van der Waals surface area contributed by atoms with Gasteiger partial charge in [0.1, 0.15) is 54.2 Å². The first-order chi connectivity index (χ1) is 39.4. The Kier molecular flexibility index (Phi) is 24.7. The summed E-state index contributed by atoms with van der Waals surface area (Å²) in [5.74, 6) is -17.0. The summed E-state index contributed by atoms with van der Waals surface area (Å²) in [7, 11) is 0. The fourth-order valence-electron chi connectivity index (χ4n) is 8.91. The van der Waals surface area contributed by atoms with Crippen LogP contribution in [0.5, 0.6) is 5.75 Å². The molecule has 3 heterocycles. The molecule has 35 heteroatoms. The van der Waals surface area contributed by atoms with Crippen molar-refractivity contribution in [1.29, 1.82) is 0 Å². The fraction of sp³-hybridized carbons (Fsp3) is 0.571. The van der Waals surface area contributed by atoms with E-state index >= 15 is 0 Å². The quantitative estimate of drug-likeness (QED) is 0.0255. The molecule has 0 aromatic rings. The molecule has 0 unspecified atom stereocenters. The number of aliphatic hydroxyl groups excluding tert-OH is 4. The third kappa shape index (κ3) is 18.2. The van der Waals surface area contributed by atoms with E-state index in [1.165, 1.54) is 10.6 Å². The van der Waals surface area contributed by atoms with Crippen LogP contribution in [-0.4, -0.2) is 214 Å². The number of pyridine rings is 1.